The van der Waals surface area contributed by atoms with Crippen molar-refractivity contribution in [2.24, 2.45) is 0 Å². The molecule has 1 aromatic carbocycles. The molecular weight excluding hydrogens is 256 g/mol. The molecule has 0 aromatic heterocycles. The van der Waals surface area contributed by atoms with Crippen LogP contribution in [0.5, 0.6) is 0 Å². The van der Waals surface area contributed by atoms with Gasteiger partial charge in [0.1, 0.15) is 5.66 Å². The fourth-order valence-corrected chi connectivity index (χ4v) is 2.53. The van der Waals surface area contributed by atoms with Gasteiger partial charge in [-0.1, -0.05) is 15.9 Å². The zero-order valence-electron chi connectivity index (χ0n) is 8.14. The average Bonchev–Trinajstić information content (AvgIpc) is 2.16. The van der Waals surface area contributed by atoms with Gasteiger partial charge in [0, 0.05) is 10.2 Å². The Labute approximate surface area is 96.4 Å². The van der Waals surface area contributed by atoms with Crippen molar-refractivity contribution in [3.63, 3.8) is 0 Å². The summed E-state index contributed by atoms with van der Waals surface area (Å²) < 4.78 is 0.933. The van der Waals surface area contributed by atoms with E-state index in [1.54, 1.807) is 0 Å². The van der Waals surface area contributed by atoms with E-state index < -0.39 is 0 Å². The fourth-order valence-electron chi connectivity index (χ4n) is 2.17. The van der Waals surface area contributed by atoms with Gasteiger partial charge in [0.2, 0.25) is 0 Å². The van der Waals surface area contributed by atoms with Gasteiger partial charge < -0.3 is 10.6 Å². The summed E-state index contributed by atoms with van der Waals surface area (Å²) >= 11 is 3.37. The molecule has 2 N–H and O–H groups in total. The minimum Gasteiger partial charge on any atom is -0.362 e. The molecular formula is C11H11BrN2O. The van der Waals surface area contributed by atoms with E-state index in [1.807, 2.05) is 18.2 Å². The standard InChI is InChI=1S/C11H11BrN2O/c12-7-2-3-9-8(6-7)10(15)14-11(13-9)4-1-5-11/h2-3,6,13H,1,4-5H2,(H,14,15). The number of benzene rings is 1. The van der Waals surface area contributed by atoms with Crippen LogP contribution in [0.2, 0.25) is 0 Å². The lowest BCUT2D eigenvalue weighted by Crippen LogP contribution is -2.61. The average molecular weight is 267 g/mol. The summed E-state index contributed by atoms with van der Waals surface area (Å²) in [7, 11) is 0. The molecule has 1 aromatic rings. The second-order valence-corrected chi connectivity index (χ2v) is 5.12. The molecule has 1 spiro atoms. The number of halogens is 1. The summed E-state index contributed by atoms with van der Waals surface area (Å²) in [5, 5.41) is 6.46. The van der Waals surface area contributed by atoms with Crippen molar-refractivity contribution < 1.29 is 4.79 Å². The fraction of sp³-hybridized carbons (Fsp3) is 0.364. The smallest absolute Gasteiger partial charge is 0.255 e. The molecule has 78 valence electrons. The van der Waals surface area contributed by atoms with Gasteiger partial charge in [0.05, 0.1) is 5.56 Å². The maximum atomic E-state index is 11.9. The zero-order valence-corrected chi connectivity index (χ0v) is 9.73. The van der Waals surface area contributed by atoms with Crippen LogP contribution < -0.4 is 10.6 Å². The lowest BCUT2D eigenvalue weighted by atomic mass is 9.82. The van der Waals surface area contributed by atoms with E-state index in [1.165, 1.54) is 6.42 Å². The van der Waals surface area contributed by atoms with Crippen LogP contribution in [0.25, 0.3) is 0 Å². The molecule has 0 saturated heterocycles. The maximum absolute atomic E-state index is 11.9. The Balaban J connectivity index is 2.04. The van der Waals surface area contributed by atoms with Crippen LogP contribution in [0.15, 0.2) is 22.7 Å². The first kappa shape index (κ1) is 9.21. The van der Waals surface area contributed by atoms with Gasteiger partial charge in [-0.15, -0.1) is 0 Å². The van der Waals surface area contributed by atoms with E-state index >= 15 is 0 Å². The number of carbonyl (C=O) groups excluding carboxylic acids is 1. The van der Waals surface area contributed by atoms with Crippen molar-refractivity contribution >= 4 is 27.5 Å². The molecule has 1 saturated carbocycles. The summed E-state index contributed by atoms with van der Waals surface area (Å²) in [6.45, 7) is 0. The van der Waals surface area contributed by atoms with Gasteiger partial charge in [-0.25, -0.2) is 0 Å². The Morgan fingerprint density at radius 1 is 1.27 bits per heavy atom. The summed E-state index contributed by atoms with van der Waals surface area (Å²) in [5.74, 6) is 0.0322. The number of amides is 1. The number of rotatable bonds is 0. The van der Waals surface area contributed by atoms with Crippen LogP contribution in [-0.4, -0.2) is 11.6 Å². The van der Waals surface area contributed by atoms with Crippen LogP contribution in [-0.2, 0) is 0 Å². The largest absolute Gasteiger partial charge is 0.362 e. The van der Waals surface area contributed by atoms with E-state index in [9.17, 15) is 4.79 Å². The number of hydrogen-bond donors (Lipinski definition) is 2. The second-order valence-electron chi connectivity index (χ2n) is 4.20. The molecule has 0 radical (unpaired) electrons. The van der Waals surface area contributed by atoms with E-state index in [2.05, 4.69) is 26.6 Å². The summed E-state index contributed by atoms with van der Waals surface area (Å²) in [6, 6.07) is 5.76. The normalized spacial score (nSPS) is 21.3. The van der Waals surface area contributed by atoms with Crippen molar-refractivity contribution in [1.82, 2.24) is 5.32 Å². The topological polar surface area (TPSA) is 41.1 Å². The highest BCUT2D eigenvalue weighted by molar-refractivity contribution is 9.10. The minimum atomic E-state index is -0.155. The third-order valence-electron chi connectivity index (χ3n) is 3.16. The third-order valence-corrected chi connectivity index (χ3v) is 3.65. The molecule has 15 heavy (non-hydrogen) atoms. The summed E-state index contributed by atoms with van der Waals surface area (Å²) in [6.07, 6.45) is 3.22. The lowest BCUT2D eigenvalue weighted by Gasteiger charge is -2.46. The van der Waals surface area contributed by atoms with Crippen LogP contribution in [0.3, 0.4) is 0 Å². The Morgan fingerprint density at radius 3 is 2.73 bits per heavy atom. The molecule has 0 bridgehead atoms. The van der Waals surface area contributed by atoms with E-state index in [4.69, 9.17) is 0 Å². The van der Waals surface area contributed by atoms with E-state index in [0.29, 0.717) is 0 Å². The number of carbonyl (C=O) groups is 1. The molecule has 1 aliphatic carbocycles. The number of anilines is 1. The Morgan fingerprint density at radius 2 is 2.07 bits per heavy atom. The Kier molecular flexibility index (Phi) is 1.83. The highest BCUT2D eigenvalue weighted by Crippen LogP contribution is 2.37. The number of fused-ring (bicyclic) bond motifs is 1. The first-order chi connectivity index (χ1) is 7.19. The SMILES string of the molecule is O=C1NC2(CCC2)Nc2ccc(Br)cc21. The lowest BCUT2D eigenvalue weighted by molar-refractivity contribution is 0.0844. The van der Waals surface area contributed by atoms with Crippen molar-refractivity contribution in [2.45, 2.75) is 24.9 Å². The molecule has 4 heteroatoms. The highest BCUT2D eigenvalue weighted by atomic mass is 79.9. The summed E-state index contributed by atoms with van der Waals surface area (Å²) in [4.78, 5) is 11.9. The quantitative estimate of drug-likeness (QED) is 0.758. The van der Waals surface area contributed by atoms with Gasteiger partial charge in [-0.3, -0.25) is 4.79 Å². The van der Waals surface area contributed by atoms with Gasteiger partial charge in [-0.2, -0.15) is 0 Å². The van der Waals surface area contributed by atoms with Crippen molar-refractivity contribution in [3.8, 4) is 0 Å². The molecule has 1 amide bonds. The second kappa shape index (κ2) is 2.98. The summed E-state index contributed by atoms with van der Waals surface area (Å²) in [5.41, 5.74) is 1.52. The van der Waals surface area contributed by atoms with Gasteiger partial charge in [0.25, 0.3) is 5.91 Å². The van der Waals surface area contributed by atoms with Crippen LogP contribution in [0.4, 0.5) is 5.69 Å². The first-order valence-electron chi connectivity index (χ1n) is 5.09. The van der Waals surface area contributed by atoms with Crippen LogP contribution in [0.1, 0.15) is 29.6 Å². The van der Waals surface area contributed by atoms with E-state index in [0.717, 1.165) is 28.6 Å². The van der Waals surface area contributed by atoms with Crippen LogP contribution >= 0.6 is 15.9 Å². The van der Waals surface area contributed by atoms with Gasteiger partial charge in [0.15, 0.2) is 0 Å². The molecule has 1 fully saturated rings. The minimum absolute atomic E-state index is 0.0322. The first-order valence-corrected chi connectivity index (χ1v) is 5.88. The monoisotopic (exact) mass is 266 g/mol. The predicted molar refractivity (Wildman–Crippen MR) is 61.8 cm³/mol. The van der Waals surface area contributed by atoms with Crippen molar-refractivity contribution in [2.75, 3.05) is 5.32 Å². The highest BCUT2D eigenvalue weighted by Gasteiger charge is 2.42. The number of hydrogen-bond acceptors (Lipinski definition) is 2. The van der Waals surface area contributed by atoms with Crippen molar-refractivity contribution in [1.29, 1.82) is 0 Å². The third kappa shape index (κ3) is 1.35. The Hall–Kier alpha value is -1.03. The van der Waals surface area contributed by atoms with E-state index in [-0.39, 0.29) is 11.6 Å². The molecule has 3 rings (SSSR count). The zero-order chi connectivity index (χ0) is 10.5. The van der Waals surface area contributed by atoms with Crippen LogP contribution in [0, 0.1) is 0 Å². The molecule has 1 aliphatic heterocycles. The molecule has 3 nitrogen and oxygen atoms in total. The van der Waals surface area contributed by atoms with Crippen molar-refractivity contribution in [3.05, 3.63) is 28.2 Å². The Bertz CT molecular complexity index is 440. The molecule has 0 unspecified atom stereocenters. The molecule has 0 atom stereocenters. The molecule has 1 heterocycles. The van der Waals surface area contributed by atoms with Gasteiger partial charge >= 0.3 is 0 Å². The molecule has 2 aliphatic rings. The predicted octanol–water partition coefficient (Wildman–Crippen LogP) is 2.48. The van der Waals surface area contributed by atoms with Gasteiger partial charge in [-0.05, 0) is 37.5 Å². The number of nitrogens with one attached hydrogen (secondary N) is 2. The maximum Gasteiger partial charge on any atom is 0.255 e.